The fourth-order valence-electron chi connectivity index (χ4n) is 1.96. The Morgan fingerprint density at radius 3 is 2.38 bits per heavy atom. The van der Waals surface area contributed by atoms with Gasteiger partial charge in [0.25, 0.3) is 0 Å². The van der Waals surface area contributed by atoms with Gasteiger partial charge in [0.05, 0.1) is 4.90 Å². The van der Waals surface area contributed by atoms with Crippen molar-refractivity contribution >= 4 is 25.8 Å². The highest BCUT2D eigenvalue weighted by Crippen LogP contribution is 2.40. The molecule has 1 saturated carbocycles. The minimum absolute atomic E-state index is 0.251. The first-order chi connectivity index (χ1) is 7.33. The van der Waals surface area contributed by atoms with Crippen molar-refractivity contribution in [3.63, 3.8) is 0 Å². The number of halogens is 1. The number of nitrogens with two attached hydrogens (primary N) is 1. The fraction of sp³-hybridized carbons (Fsp3) is 0.455. The van der Waals surface area contributed by atoms with Crippen LogP contribution in [0.4, 0.5) is 0 Å². The summed E-state index contributed by atoms with van der Waals surface area (Å²) in [5.74, 6) is 0. The van der Waals surface area contributed by atoms with Crippen LogP contribution < -0.4 is 5.73 Å². The van der Waals surface area contributed by atoms with Crippen molar-refractivity contribution in [2.45, 2.75) is 29.7 Å². The molecule has 0 radical (unpaired) electrons. The SMILES string of the molecule is CS(=O)(=O)c1ccc(C2(N)CCC2)cc1Br. The van der Waals surface area contributed by atoms with Crippen LogP contribution in [0.2, 0.25) is 0 Å². The first-order valence-corrected chi connectivity index (χ1v) is 7.80. The maximum Gasteiger partial charge on any atom is 0.176 e. The summed E-state index contributed by atoms with van der Waals surface area (Å²) in [4.78, 5) is 0.319. The van der Waals surface area contributed by atoms with Crippen LogP contribution in [-0.4, -0.2) is 14.7 Å². The quantitative estimate of drug-likeness (QED) is 0.911. The number of rotatable bonds is 2. The molecule has 0 atom stereocenters. The van der Waals surface area contributed by atoms with Crippen molar-refractivity contribution in [2.75, 3.05) is 6.26 Å². The minimum Gasteiger partial charge on any atom is -0.321 e. The Balaban J connectivity index is 2.45. The van der Waals surface area contributed by atoms with Gasteiger partial charge in [-0.3, -0.25) is 0 Å². The third kappa shape index (κ3) is 2.04. The van der Waals surface area contributed by atoms with E-state index >= 15 is 0 Å². The molecule has 1 aromatic rings. The lowest BCUT2D eigenvalue weighted by molar-refractivity contribution is 0.253. The third-order valence-corrected chi connectivity index (χ3v) is 5.23. The molecule has 1 aliphatic rings. The summed E-state index contributed by atoms with van der Waals surface area (Å²) in [5.41, 5.74) is 6.94. The molecule has 0 saturated heterocycles. The van der Waals surface area contributed by atoms with Crippen molar-refractivity contribution < 1.29 is 8.42 Å². The molecule has 0 bridgehead atoms. The van der Waals surface area contributed by atoms with E-state index in [0.29, 0.717) is 9.37 Å². The van der Waals surface area contributed by atoms with E-state index in [1.54, 1.807) is 6.07 Å². The Hall–Kier alpha value is -0.390. The van der Waals surface area contributed by atoms with Gasteiger partial charge in [-0.05, 0) is 52.9 Å². The maximum atomic E-state index is 11.4. The monoisotopic (exact) mass is 303 g/mol. The van der Waals surface area contributed by atoms with E-state index in [-0.39, 0.29) is 5.54 Å². The molecule has 0 unspecified atom stereocenters. The Morgan fingerprint density at radius 2 is 2.00 bits per heavy atom. The molecule has 1 aromatic carbocycles. The van der Waals surface area contributed by atoms with E-state index in [9.17, 15) is 8.42 Å². The van der Waals surface area contributed by atoms with Gasteiger partial charge < -0.3 is 5.73 Å². The zero-order valence-electron chi connectivity index (χ0n) is 9.03. The van der Waals surface area contributed by atoms with Crippen molar-refractivity contribution in [3.8, 4) is 0 Å². The number of hydrogen-bond donors (Lipinski definition) is 1. The molecule has 5 heteroatoms. The van der Waals surface area contributed by atoms with E-state index in [2.05, 4.69) is 15.9 Å². The average Bonchev–Trinajstić information content (AvgIpc) is 2.12. The molecule has 2 N–H and O–H groups in total. The molecule has 1 fully saturated rings. The molecule has 1 aliphatic carbocycles. The second-order valence-corrected chi connectivity index (χ2v) is 7.27. The summed E-state index contributed by atoms with van der Waals surface area (Å²) in [6, 6.07) is 5.28. The summed E-state index contributed by atoms with van der Waals surface area (Å²) in [7, 11) is -3.17. The maximum absolute atomic E-state index is 11.4. The van der Waals surface area contributed by atoms with Gasteiger partial charge in [-0.25, -0.2) is 8.42 Å². The minimum atomic E-state index is -3.17. The second kappa shape index (κ2) is 3.82. The smallest absolute Gasteiger partial charge is 0.176 e. The van der Waals surface area contributed by atoms with Crippen LogP contribution in [0.5, 0.6) is 0 Å². The molecule has 0 heterocycles. The lowest BCUT2D eigenvalue weighted by atomic mass is 9.73. The van der Waals surface area contributed by atoms with Gasteiger partial charge in [-0.1, -0.05) is 6.07 Å². The predicted molar refractivity (Wildman–Crippen MR) is 67.0 cm³/mol. The van der Waals surface area contributed by atoms with Crippen LogP contribution >= 0.6 is 15.9 Å². The zero-order chi connectivity index (χ0) is 12.0. The van der Waals surface area contributed by atoms with E-state index in [0.717, 1.165) is 24.8 Å². The highest BCUT2D eigenvalue weighted by Gasteiger charge is 2.34. The Morgan fingerprint density at radius 1 is 1.38 bits per heavy atom. The summed E-state index contributed by atoms with van der Waals surface area (Å²) >= 11 is 3.29. The van der Waals surface area contributed by atoms with Gasteiger partial charge in [0, 0.05) is 16.3 Å². The number of sulfone groups is 1. The molecular weight excluding hydrogens is 290 g/mol. The van der Waals surface area contributed by atoms with Crippen molar-refractivity contribution in [2.24, 2.45) is 5.73 Å². The Kier molecular flexibility index (Phi) is 2.88. The van der Waals surface area contributed by atoms with Crippen molar-refractivity contribution in [1.82, 2.24) is 0 Å². The molecule has 16 heavy (non-hydrogen) atoms. The third-order valence-electron chi connectivity index (χ3n) is 3.15. The van der Waals surface area contributed by atoms with Crippen LogP contribution in [0, 0.1) is 0 Å². The van der Waals surface area contributed by atoms with Crippen LogP contribution in [0.1, 0.15) is 24.8 Å². The Labute approximate surface area is 104 Å². The first kappa shape index (κ1) is 12.1. The predicted octanol–water partition coefficient (Wildman–Crippen LogP) is 2.19. The van der Waals surface area contributed by atoms with E-state index in [1.165, 1.54) is 6.26 Å². The molecule has 88 valence electrons. The van der Waals surface area contributed by atoms with Gasteiger partial charge in [0.15, 0.2) is 9.84 Å². The lowest BCUT2D eigenvalue weighted by Crippen LogP contribution is -2.43. The molecule has 0 aromatic heterocycles. The van der Waals surface area contributed by atoms with Gasteiger partial charge >= 0.3 is 0 Å². The van der Waals surface area contributed by atoms with Crippen molar-refractivity contribution in [1.29, 1.82) is 0 Å². The Bertz CT molecular complexity index is 521. The molecule has 0 amide bonds. The second-order valence-electron chi connectivity index (χ2n) is 4.43. The highest BCUT2D eigenvalue weighted by molar-refractivity contribution is 9.10. The molecule has 0 spiro atoms. The highest BCUT2D eigenvalue weighted by atomic mass is 79.9. The van der Waals surface area contributed by atoms with E-state index in [1.807, 2.05) is 12.1 Å². The zero-order valence-corrected chi connectivity index (χ0v) is 11.4. The van der Waals surface area contributed by atoms with Gasteiger partial charge in [-0.15, -0.1) is 0 Å². The van der Waals surface area contributed by atoms with Gasteiger partial charge in [0.2, 0.25) is 0 Å². The molecule has 2 rings (SSSR count). The average molecular weight is 304 g/mol. The van der Waals surface area contributed by atoms with Crippen molar-refractivity contribution in [3.05, 3.63) is 28.2 Å². The van der Waals surface area contributed by atoms with Crippen LogP contribution in [0.25, 0.3) is 0 Å². The normalized spacial score (nSPS) is 19.2. The van der Waals surface area contributed by atoms with E-state index in [4.69, 9.17) is 5.73 Å². The number of hydrogen-bond acceptors (Lipinski definition) is 3. The van der Waals surface area contributed by atoms with Gasteiger partial charge in [-0.2, -0.15) is 0 Å². The van der Waals surface area contributed by atoms with Gasteiger partial charge in [0.1, 0.15) is 0 Å². The van der Waals surface area contributed by atoms with Crippen LogP contribution in [0.3, 0.4) is 0 Å². The summed E-state index contributed by atoms with van der Waals surface area (Å²) in [6.45, 7) is 0. The molecule has 3 nitrogen and oxygen atoms in total. The summed E-state index contributed by atoms with van der Waals surface area (Å²) < 4.78 is 23.5. The molecular formula is C11H14BrNO2S. The largest absolute Gasteiger partial charge is 0.321 e. The topological polar surface area (TPSA) is 60.2 Å². The number of benzene rings is 1. The summed E-state index contributed by atoms with van der Waals surface area (Å²) in [6.07, 6.45) is 4.28. The van der Waals surface area contributed by atoms with Crippen LogP contribution in [0.15, 0.2) is 27.6 Å². The molecule has 0 aliphatic heterocycles. The standard InChI is InChI=1S/C11H14BrNO2S/c1-16(14,15)10-4-3-8(7-9(10)12)11(13)5-2-6-11/h3-4,7H,2,5-6,13H2,1H3. The van der Waals surface area contributed by atoms with Crippen LogP contribution in [-0.2, 0) is 15.4 Å². The first-order valence-electron chi connectivity index (χ1n) is 5.12. The van der Waals surface area contributed by atoms with E-state index < -0.39 is 9.84 Å². The fourth-order valence-corrected chi connectivity index (χ4v) is 3.95. The summed E-state index contributed by atoms with van der Waals surface area (Å²) in [5, 5.41) is 0. The lowest BCUT2D eigenvalue weighted by Gasteiger charge is -2.38.